The van der Waals surface area contributed by atoms with Gasteiger partial charge in [-0.3, -0.25) is 0 Å². The predicted molar refractivity (Wildman–Crippen MR) is 90.9 cm³/mol. The molecule has 3 nitrogen and oxygen atoms in total. The van der Waals surface area contributed by atoms with Crippen LogP contribution in [0.4, 0.5) is 0 Å². The summed E-state index contributed by atoms with van der Waals surface area (Å²) in [4.78, 5) is 2.40. The van der Waals surface area contributed by atoms with Crippen molar-refractivity contribution in [3.63, 3.8) is 0 Å². The van der Waals surface area contributed by atoms with Gasteiger partial charge in [-0.05, 0) is 55.9 Å². The van der Waals surface area contributed by atoms with Gasteiger partial charge < -0.3 is 14.4 Å². The van der Waals surface area contributed by atoms with Crippen molar-refractivity contribution in [3.05, 3.63) is 54.6 Å². The maximum atomic E-state index is 5.77. The summed E-state index contributed by atoms with van der Waals surface area (Å²) in [6.07, 6.45) is 1.05. The number of nitrogens with zero attached hydrogens (tertiary/aromatic N) is 1. The van der Waals surface area contributed by atoms with Crippen LogP contribution in [0, 0.1) is 0 Å². The predicted octanol–water partition coefficient (Wildman–Crippen LogP) is 4.59. The maximum Gasteiger partial charge on any atom is 0.127 e. The molecule has 0 fully saturated rings. The fraction of sp³-hybridized carbons (Fsp3) is 0.368. The lowest BCUT2D eigenvalue weighted by molar-refractivity contribution is 0.249. The molecule has 0 aromatic heterocycles. The third kappa shape index (κ3) is 5.41. The van der Waals surface area contributed by atoms with Crippen LogP contribution in [0.5, 0.6) is 17.2 Å². The average Bonchev–Trinajstić information content (AvgIpc) is 2.57. The van der Waals surface area contributed by atoms with Gasteiger partial charge in [0, 0.05) is 6.54 Å². The summed E-state index contributed by atoms with van der Waals surface area (Å²) in [5.41, 5.74) is 0. The largest absolute Gasteiger partial charge is 0.494 e. The lowest BCUT2D eigenvalue weighted by atomic mass is 10.3. The van der Waals surface area contributed by atoms with Gasteiger partial charge in [0.1, 0.15) is 17.2 Å². The number of hydrogen-bond acceptors (Lipinski definition) is 3. The van der Waals surface area contributed by atoms with E-state index < -0.39 is 0 Å². The number of benzene rings is 2. The lowest BCUT2D eigenvalue weighted by Gasteiger charge is -2.17. The van der Waals surface area contributed by atoms with Crippen molar-refractivity contribution in [1.29, 1.82) is 0 Å². The number of para-hydroxylation sites is 1. The fourth-order valence-corrected chi connectivity index (χ4v) is 2.25. The van der Waals surface area contributed by atoms with Crippen molar-refractivity contribution < 1.29 is 9.47 Å². The van der Waals surface area contributed by atoms with Gasteiger partial charge in [-0.2, -0.15) is 0 Å². The molecule has 2 aromatic carbocycles. The highest BCUT2D eigenvalue weighted by atomic mass is 16.5. The highest BCUT2D eigenvalue weighted by Gasteiger charge is 2.00. The number of rotatable bonds is 9. The topological polar surface area (TPSA) is 21.7 Å². The van der Waals surface area contributed by atoms with E-state index in [1.165, 1.54) is 0 Å². The van der Waals surface area contributed by atoms with E-state index in [2.05, 4.69) is 18.7 Å². The Morgan fingerprint density at radius 2 is 1.36 bits per heavy atom. The molecule has 0 spiro atoms. The Kier molecular flexibility index (Phi) is 6.78. The minimum Gasteiger partial charge on any atom is -0.494 e. The minimum absolute atomic E-state index is 0.745. The summed E-state index contributed by atoms with van der Waals surface area (Å²) in [7, 11) is 0. The second-order valence-electron chi connectivity index (χ2n) is 5.12. The van der Waals surface area contributed by atoms with Crippen LogP contribution in [-0.4, -0.2) is 31.1 Å². The van der Waals surface area contributed by atoms with E-state index in [4.69, 9.17) is 9.47 Å². The van der Waals surface area contributed by atoms with Gasteiger partial charge in [0.15, 0.2) is 0 Å². The van der Waals surface area contributed by atoms with Crippen molar-refractivity contribution in [3.8, 4) is 17.2 Å². The van der Waals surface area contributed by atoms with Crippen LogP contribution < -0.4 is 9.47 Å². The molecule has 3 heteroatoms. The molecule has 2 aromatic rings. The molecular formula is C19H25NO2. The zero-order valence-corrected chi connectivity index (χ0v) is 13.5. The van der Waals surface area contributed by atoms with Crippen LogP contribution in [0.1, 0.15) is 20.3 Å². The fourth-order valence-electron chi connectivity index (χ4n) is 2.25. The van der Waals surface area contributed by atoms with Crippen LogP contribution >= 0.6 is 0 Å². The van der Waals surface area contributed by atoms with Gasteiger partial charge in [-0.15, -0.1) is 0 Å². The SMILES string of the molecule is CCN(CC)CCCOc1ccc(Oc2ccccc2)cc1. The molecule has 0 heterocycles. The van der Waals surface area contributed by atoms with Gasteiger partial charge >= 0.3 is 0 Å². The molecular weight excluding hydrogens is 274 g/mol. The molecule has 0 aliphatic carbocycles. The third-order valence-electron chi connectivity index (χ3n) is 3.58. The quantitative estimate of drug-likeness (QED) is 0.632. The third-order valence-corrected chi connectivity index (χ3v) is 3.58. The first-order valence-electron chi connectivity index (χ1n) is 8.00. The van der Waals surface area contributed by atoms with Crippen LogP contribution in [0.2, 0.25) is 0 Å². The molecule has 0 bridgehead atoms. The van der Waals surface area contributed by atoms with Crippen molar-refractivity contribution in [1.82, 2.24) is 4.90 Å². The Balaban J connectivity index is 1.75. The van der Waals surface area contributed by atoms with Crippen molar-refractivity contribution >= 4 is 0 Å². The Bertz CT molecular complexity index is 521. The van der Waals surface area contributed by atoms with Crippen LogP contribution in [0.3, 0.4) is 0 Å². The summed E-state index contributed by atoms with van der Waals surface area (Å²) < 4.78 is 11.5. The van der Waals surface area contributed by atoms with Gasteiger partial charge in [-0.25, -0.2) is 0 Å². The van der Waals surface area contributed by atoms with Gasteiger partial charge in [-0.1, -0.05) is 32.0 Å². The lowest BCUT2D eigenvalue weighted by Crippen LogP contribution is -2.25. The second-order valence-corrected chi connectivity index (χ2v) is 5.12. The van der Waals surface area contributed by atoms with E-state index >= 15 is 0 Å². The molecule has 0 saturated carbocycles. The standard InChI is InChI=1S/C19H25NO2/c1-3-20(4-2)15-8-16-21-17-11-13-19(14-12-17)22-18-9-6-5-7-10-18/h5-7,9-14H,3-4,8,15-16H2,1-2H3. The van der Waals surface area contributed by atoms with Crippen molar-refractivity contribution in [2.45, 2.75) is 20.3 Å². The molecule has 22 heavy (non-hydrogen) atoms. The highest BCUT2D eigenvalue weighted by molar-refractivity contribution is 5.35. The normalized spacial score (nSPS) is 10.7. The summed E-state index contributed by atoms with van der Waals surface area (Å²) in [5, 5.41) is 0. The molecule has 0 radical (unpaired) electrons. The van der Waals surface area contributed by atoms with Crippen LogP contribution in [0.15, 0.2) is 54.6 Å². The molecule has 0 aliphatic heterocycles. The molecule has 2 rings (SSSR count). The average molecular weight is 299 g/mol. The molecule has 0 unspecified atom stereocenters. The monoisotopic (exact) mass is 299 g/mol. The molecule has 0 N–H and O–H groups in total. The second kappa shape index (κ2) is 9.11. The van der Waals surface area contributed by atoms with Crippen LogP contribution in [0.25, 0.3) is 0 Å². The van der Waals surface area contributed by atoms with E-state index in [1.807, 2.05) is 54.6 Å². The summed E-state index contributed by atoms with van der Waals surface area (Å²) >= 11 is 0. The maximum absolute atomic E-state index is 5.77. The van der Waals surface area contributed by atoms with E-state index in [0.717, 1.165) is 49.9 Å². The van der Waals surface area contributed by atoms with Crippen molar-refractivity contribution in [2.75, 3.05) is 26.2 Å². The van der Waals surface area contributed by atoms with E-state index in [-0.39, 0.29) is 0 Å². The Hall–Kier alpha value is -2.00. The zero-order valence-electron chi connectivity index (χ0n) is 13.5. The summed E-state index contributed by atoms with van der Waals surface area (Å²) in [5.74, 6) is 2.55. The minimum atomic E-state index is 0.745. The van der Waals surface area contributed by atoms with Gasteiger partial charge in [0.25, 0.3) is 0 Å². The first kappa shape index (κ1) is 16.4. The van der Waals surface area contributed by atoms with E-state index in [1.54, 1.807) is 0 Å². The number of hydrogen-bond donors (Lipinski definition) is 0. The Morgan fingerprint density at radius 3 is 2.00 bits per heavy atom. The van der Waals surface area contributed by atoms with Gasteiger partial charge in [0.2, 0.25) is 0 Å². The molecule has 0 atom stereocenters. The zero-order chi connectivity index (χ0) is 15.6. The highest BCUT2D eigenvalue weighted by Crippen LogP contribution is 2.23. The summed E-state index contributed by atoms with van der Waals surface area (Å²) in [6, 6.07) is 17.6. The number of ether oxygens (including phenoxy) is 2. The molecule has 0 aliphatic rings. The van der Waals surface area contributed by atoms with E-state index in [9.17, 15) is 0 Å². The molecule has 0 saturated heterocycles. The molecule has 118 valence electrons. The smallest absolute Gasteiger partial charge is 0.127 e. The first-order valence-corrected chi connectivity index (χ1v) is 8.00. The Morgan fingerprint density at radius 1 is 0.773 bits per heavy atom. The van der Waals surface area contributed by atoms with E-state index in [0.29, 0.717) is 0 Å². The van der Waals surface area contributed by atoms with Gasteiger partial charge in [0.05, 0.1) is 6.61 Å². The van der Waals surface area contributed by atoms with Crippen LogP contribution in [-0.2, 0) is 0 Å². The van der Waals surface area contributed by atoms with Crippen molar-refractivity contribution in [2.24, 2.45) is 0 Å². The first-order chi connectivity index (χ1) is 10.8. The Labute approximate surface area is 133 Å². The molecule has 0 amide bonds. The summed E-state index contributed by atoms with van der Waals surface area (Å²) in [6.45, 7) is 8.41.